The minimum absolute atomic E-state index is 0.255. The van der Waals surface area contributed by atoms with Crippen LogP contribution in [0.15, 0.2) is 11.8 Å². The van der Waals surface area contributed by atoms with E-state index in [4.69, 9.17) is 0 Å². The third-order valence-corrected chi connectivity index (χ3v) is 7.74. The molecule has 4 heteroatoms. The van der Waals surface area contributed by atoms with Gasteiger partial charge in [0.2, 0.25) is 0 Å². The number of allylic oxidation sites excluding steroid dienone is 2. The number of carbonyl (C=O) groups excluding carboxylic acids is 2. The van der Waals surface area contributed by atoms with Gasteiger partial charge in [-0.15, -0.1) is 0 Å². The van der Waals surface area contributed by atoms with Crippen molar-refractivity contribution in [1.29, 1.82) is 0 Å². The second kappa shape index (κ2) is 6.14. The van der Waals surface area contributed by atoms with Crippen LogP contribution in [0.3, 0.4) is 0 Å². The van der Waals surface area contributed by atoms with Gasteiger partial charge in [-0.25, -0.2) is 0 Å². The molecule has 1 atom stereocenters. The molecule has 1 saturated heterocycles. The number of rotatable bonds is 1. The van der Waals surface area contributed by atoms with Gasteiger partial charge in [-0.2, -0.15) is 0 Å². The molecular formula is C21H30N2O2. The number of piperidine rings is 1. The van der Waals surface area contributed by atoms with Crippen molar-refractivity contribution in [2.45, 2.75) is 70.3 Å². The van der Waals surface area contributed by atoms with E-state index in [1.165, 1.54) is 51.4 Å². The van der Waals surface area contributed by atoms with Gasteiger partial charge >= 0.3 is 11.8 Å². The lowest BCUT2D eigenvalue weighted by atomic mass is 9.54. The number of likely N-dealkylation sites (tertiary alicyclic amines) is 1. The molecule has 5 fully saturated rings. The highest BCUT2D eigenvalue weighted by atomic mass is 16.2. The Morgan fingerprint density at radius 1 is 0.960 bits per heavy atom. The van der Waals surface area contributed by atoms with Gasteiger partial charge in [0.1, 0.15) is 0 Å². The van der Waals surface area contributed by atoms with E-state index in [0.717, 1.165) is 36.9 Å². The van der Waals surface area contributed by atoms with Crippen LogP contribution in [0.25, 0.3) is 0 Å². The summed E-state index contributed by atoms with van der Waals surface area (Å²) in [7, 11) is 0. The fourth-order valence-electron chi connectivity index (χ4n) is 6.89. The minimum atomic E-state index is -0.343. The third kappa shape index (κ3) is 2.72. The molecule has 1 heterocycles. The molecule has 0 aromatic heterocycles. The molecule has 4 bridgehead atoms. The molecule has 6 rings (SSSR count). The lowest BCUT2D eigenvalue weighted by Gasteiger charge is -2.54. The predicted molar refractivity (Wildman–Crippen MR) is 95.3 cm³/mol. The molecule has 4 saturated carbocycles. The van der Waals surface area contributed by atoms with Crippen molar-refractivity contribution < 1.29 is 9.59 Å². The van der Waals surface area contributed by atoms with Crippen molar-refractivity contribution in [3.05, 3.63) is 11.8 Å². The minimum Gasteiger partial charge on any atom is -0.345 e. The summed E-state index contributed by atoms with van der Waals surface area (Å²) in [6, 6.07) is 0.255. The van der Waals surface area contributed by atoms with E-state index in [-0.39, 0.29) is 17.9 Å². The Morgan fingerprint density at radius 3 is 2.36 bits per heavy atom. The topological polar surface area (TPSA) is 49.4 Å². The van der Waals surface area contributed by atoms with Crippen molar-refractivity contribution in [3.8, 4) is 0 Å². The lowest BCUT2D eigenvalue weighted by molar-refractivity contribution is -0.147. The van der Waals surface area contributed by atoms with Gasteiger partial charge < -0.3 is 10.2 Å². The average Bonchev–Trinajstić information content (AvgIpc) is 2.63. The first-order valence-electron chi connectivity index (χ1n) is 10.5. The van der Waals surface area contributed by atoms with Crippen LogP contribution in [0, 0.1) is 29.6 Å². The smallest absolute Gasteiger partial charge is 0.316 e. The Hall–Kier alpha value is -1.32. The van der Waals surface area contributed by atoms with Crippen molar-refractivity contribution in [2.24, 2.45) is 29.6 Å². The second-order valence-electron chi connectivity index (χ2n) is 9.29. The zero-order valence-electron chi connectivity index (χ0n) is 15.1. The van der Waals surface area contributed by atoms with Gasteiger partial charge in [0, 0.05) is 18.3 Å². The first-order valence-corrected chi connectivity index (χ1v) is 10.5. The van der Waals surface area contributed by atoms with Crippen molar-refractivity contribution in [2.75, 3.05) is 6.54 Å². The van der Waals surface area contributed by atoms with Crippen LogP contribution >= 0.6 is 0 Å². The monoisotopic (exact) mass is 342 g/mol. The van der Waals surface area contributed by atoms with Crippen LogP contribution in [-0.2, 0) is 9.59 Å². The van der Waals surface area contributed by atoms with Crippen LogP contribution < -0.4 is 5.32 Å². The summed E-state index contributed by atoms with van der Waals surface area (Å²) < 4.78 is 0. The zero-order chi connectivity index (χ0) is 17.0. The molecule has 6 aliphatic rings. The van der Waals surface area contributed by atoms with Crippen molar-refractivity contribution in [1.82, 2.24) is 10.2 Å². The summed E-state index contributed by atoms with van der Waals surface area (Å²) >= 11 is 0. The standard InChI is InChI=1S/C21H30N2O2/c24-20(21(25)23-7-3-5-15-4-1-2-6-18(15)23)22-19-16-9-13-8-14(11-16)12-17(19)10-13/h6,13-17,19H,1-5,7-12H2,(H,22,24). The van der Waals surface area contributed by atoms with E-state index >= 15 is 0 Å². The predicted octanol–water partition coefficient (Wildman–Crippen LogP) is 3.23. The summed E-state index contributed by atoms with van der Waals surface area (Å²) in [5.74, 6) is 2.88. The zero-order valence-corrected chi connectivity index (χ0v) is 15.1. The summed E-state index contributed by atoms with van der Waals surface area (Å²) in [6.07, 6.45) is 14.3. The summed E-state index contributed by atoms with van der Waals surface area (Å²) in [6.45, 7) is 0.719. The molecule has 1 N–H and O–H groups in total. The Balaban J connectivity index is 1.28. The molecule has 25 heavy (non-hydrogen) atoms. The molecule has 0 radical (unpaired) electrons. The Kier molecular flexibility index (Phi) is 3.90. The van der Waals surface area contributed by atoms with Gasteiger partial charge in [-0.1, -0.05) is 6.08 Å². The number of nitrogens with zero attached hydrogens (tertiary/aromatic N) is 1. The maximum Gasteiger partial charge on any atom is 0.316 e. The van der Waals surface area contributed by atoms with Crippen LogP contribution in [0.4, 0.5) is 0 Å². The molecule has 0 spiro atoms. The molecule has 1 unspecified atom stereocenters. The van der Waals surface area contributed by atoms with Gasteiger partial charge in [0.25, 0.3) is 0 Å². The number of fused-ring (bicyclic) bond motifs is 1. The van der Waals surface area contributed by atoms with Crippen LogP contribution in [-0.4, -0.2) is 29.3 Å². The maximum absolute atomic E-state index is 12.9. The Labute approximate surface area is 150 Å². The average molecular weight is 342 g/mol. The fourth-order valence-corrected chi connectivity index (χ4v) is 6.89. The van der Waals surface area contributed by atoms with Crippen LogP contribution in [0.1, 0.15) is 64.2 Å². The molecule has 5 aliphatic carbocycles. The number of amides is 2. The van der Waals surface area contributed by atoms with Crippen LogP contribution in [0.5, 0.6) is 0 Å². The molecule has 4 nitrogen and oxygen atoms in total. The van der Waals surface area contributed by atoms with Gasteiger partial charge in [-0.3, -0.25) is 9.59 Å². The normalized spacial score (nSPS) is 41.9. The summed E-state index contributed by atoms with van der Waals surface area (Å²) in [4.78, 5) is 27.5. The van der Waals surface area contributed by atoms with Gasteiger partial charge in [0.15, 0.2) is 0 Å². The summed E-state index contributed by atoms with van der Waals surface area (Å²) in [5, 5.41) is 3.20. The lowest BCUT2D eigenvalue weighted by Crippen LogP contribution is -2.58. The maximum atomic E-state index is 12.9. The summed E-state index contributed by atoms with van der Waals surface area (Å²) in [5.41, 5.74) is 1.14. The largest absolute Gasteiger partial charge is 0.345 e. The molecule has 1 aliphatic heterocycles. The van der Waals surface area contributed by atoms with Gasteiger partial charge in [-0.05, 0) is 93.8 Å². The molecule has 136 valence electrons. The Bertz CT molecular complexity index is 583. The van der Waals surface area contributed by atoms with E-state index < -0.39 is 0 Å². The first kappa shape index (κ1) is 15.9. The Morgan fingerprint density at radius 2 is 1.64 bits per heavy atom. The molecule has 0 aromatic rings. The van der Waals surface area contributed by atoms with E-state index in [0.29, 0.717) is 17.8 Å². The van der Waals surface area contributed by atoms with Crippen molar-refractivity contribution >= 4 is 11.8 Å². The number of nitrogens with one attached hydrogen (secondary N) is 1. The van der Waals surface area contributed by atoms with E-state index in [2.05, 4.69) is 11.4 Å². The van der Waals surface area contributed by atoms with E-state index in [1.807, 2.05) is 0 Å². The highest BCUT2D eigenvalue weighted by Crippen LogP contribution is 2.53. The quantitative estimate of drug-likeness (QED) is 0.744. The SMILES string of the molecule is O=C(NC1C2CC3CC(C2)CC1C3)C(=O)N1CCCC2CCCC=C21. The van der Waals surface area contributed by atoms with Crippen LogP contribution in [0.2, 0.25) is 0 Å². The number of hydrogen-bond donors (Lipinski definition) is 1. The number of hydrogen-bond acceptors (Lipinski definition) is 2. The molecule has 0 aromatic carbocycles. The van der Waals surface area contributed by atoms with Gasteiger partial charge in [0.05, 0.1) is 0 Å². The second-order valence-corrected chi connectivity index (χ2v) is 9.29. The molecular weight excluding hydrogens is 312 g/mol. The highest BCUT2D eigenvalue weighted by Gasteiger charge is 2.49. The van der Waals surface area contributed by atoms with Crippen molar-refractivity contribution in [3.63, 3.8) is 0 Å². The fraction of sp³-hybridized carbons (Fsp3) is 0.810. The van der Waals surface area contributed by atoms with E-state index in [9.17, 15) is 9.59 Å². The van der Waals surface area contributed by atoms with E-state index in [1.54, 1.807) is 4.90 Å². The first-order chi connectivity index (χ1) is 12.2. The highest BCUT2D eigenvalue weighted by molar-refractivity contribution is 6.35. The number of carbonyl (C=O) groups is 2. The molecule has 2 amide bonds. The third-order valence-electron chi connectivity index (χ3n) is 7.74.